The molecule has 0 spiro atoms. The number of nitrogens with zero attached hydrogens (tertiary/aromatic N) is 7. The first-order valence-corrected chi connectivity index (χ1v) is 6.41. The Labute approximate surface area is 113 Å². The summed E-state index contributed by atoms with van der Waals surface area (Å²) in [5.41, 5.74) is 1.21. The Kier molecular flexibility index (Phi) is 2.38. The lowest BCUT2D eigenvalue weighted by molar-refractivity contribution is 0.351. The molecule has 1 atom stereocenters. The number of aromatic amines is 1. The summed E-state index contributed by atoms with van der Waals surface area (Å²) >= 11 is 0. The van der Waals surface area contributed by atoms with Crippen LogP contribution in [0.15, 0.2) is 10.7 Å². The van der Waals surface area contributed by atoms with Crippen molar-refractivity contribution in [2.75, 3.05) is 11.4 Å². The summed E-state index contributed by atoms with van der Waals surface area (Å²) in [5, 5.41) is 14.3. The summed E-state index contributed by atoms with van der Waals surface area (Å²) in [6.45, 7) is 2.67. The molecule has 4 heterocycles. The normalized spacial score (nSPS) is 19.1. The first kappa shape index (κ1) is 11.3. The average molecular weight is 272 g/mol. The van der Waals surface area contributed by atoms with Gasteiger partial charge in [-0.3, -0.25) is 0 Å². The fraction of sp³-hybridized carbons (Fsp3) is 0.455. The molecule has 4 rings (SSSR count). The number of nitrogens with one attached hydrogen (secondary N) is 1. The van der Waals surface area contributed by atoms with E-state index in [4.69, 9.17) is 4.52 Å². The molecular formula is C11H12N8O. The van der Waals surface area contributed by atoms with Crippen molar-refractivity contribution in [2.24, 2.45) is 0 Å². The summed E-state index contributed by atoms with van der Waals surface area (Å²) < 4.78 is 5.28. The van der Waals surface area contributed by atoms with E-state index in [0.29, 0.717) is 28.8 Å². The molecule has 1 fully saturated rings. The predicted octanol–water partition coefficient (Wildman–Crippen LogP) is 0.781. The molecule has 9 heteroatoms. The molecule has 0 radical (unpaired) electrons. The van der Waals surface area contributed by atoms with E-state index in [-0.39, 0.29) is 6.04 Å². The van der Waals surface area contributed by atoms with E-state index in [1.54, 1.807) is 6.20 Å². The van der Waals surface area contributed by atoms with Crippen molar-refractivity contribution in [1.82, 2.24) is 35.5 Å². The third kappa shape index (κ3) is 1.70. The SMILES string of the molecule is Cc1noc(C2CCCN2c2ncc3n[nH]nc3n2)n1. The fourth-order valence-corrected chi connectivity index (χ4v) is 2.49. The van der Waals surface area contributed by atoms with Gasteiger partial charge in [-0.2, -0.15) is 20.3 Å². The smallest absolute Gasteiger partial charge is 0.249 e. The van der Waals surface area contributed by atoms with E-state index in [1.165, 1.54) is 0 Å². The second-order valence-corrected chi connectivity index (χ2v) is 4.73. The largest absolute Gasteiger partial charge is 0.337 e. The quantitative estimate of drug-likeness (QED) is 0.728. The first-order valence-electron chi connectivity index (χ1n) is 6.41. The van der Waals surface area contributed by atoms with Crippen molar-refractivity contribution in [2.45, 2.75) is 25.8 Å². The van der Waals surface area contributed by atoms with Gasteiger partial charge in [-0.15, -0.1) is 5.10 Å². The zero-order valence-electron chi connectivity index (χ0n) is 10.8. The van der Waals surface area contributed by atoms with Gasteiger partial charge in [-0.25, -0.2) is 4.98 Å². The molecule has 1 N–H and O–H groups in total. The van der Waals surface area contributed by atoms with Gasteiger partial charge in [-0.1, -0.05) is 5.16 Å². The Bertz CT molecular complexity index is 750. The van der Waals surface area contributed by atoms with Crippen LogP contribution in [-0.4, -0.2) is 42.1 Å². The summed E-state index contributed by atoms with van der Waals surface area (Å²) in [6.07, 6.45) is 3.64. The van der Waals surface area contributed by atoms with Gasteiger partial charge in [-0.05, 0) is 19.8 Å². The summed E-state index contributed by atoms with van der Waals surface area (Å²) in [6, 6.07) is 0.0283. The van der Waals surface area contributed by atoms with E-state index >= 15 is 0 Å². The zero-order valence-corrected chi connectivity index (χ0v) is 10.8. The third-order valence-electron chi connectivity index (χ3n) is 3.40. The maximum absolute atomic E-state index is 5.28. The second kappa shape index (κ2) is 4.22. The van der Waals surface area contributed by atoms with Crippen LogP contribution in [0.3, 0.4) is 0 Å². The van der Waals surface area contributed by atoms with Crippen LogP contribution >= 0.6 is 0 Å². The number of rotatable bonds is 2. The van der Waals surface area contributed by atoms with Crippen LogP contribution in [0.1, 0.15) is 30.6 Å². The van der Waals surface area contributed by atoms with Crippen molar-refractivity contribution < 1.29 is 4.52 Å². The van der Waals surface area contributed by atoms with E-state index in [9.17, 15) is 0 Å². The van der Waals surface area contributed by atoms with Gasteiger partial charge in [0.05, 0.1) is 6.20 Å². The summed E-state index contributed by atoms with van der Waals surface area (Å²) in [7, 11) is 0. The molecule has 9 nitrogen and oxygen atoms in total. The lowest BCUT2D eigenvalue weighted by Gasteiger charge is -2.21. The maximum Gasteiger partial charge on any atom is 0.249 e. The third-order valence-corrected chi connectivity index (χ3v) is 3.40. The standard InChI is InChI=1S/C11H12N8O/c1-6-13-10(20-17-6)8-3-2-4-19(8)11-12-5-7-9(14-11)16-18-15-7/h5,8H,2-4H2,1H3,(H,12,14,15,16,18). The Morgan fingerprint density at radius 2 is 2.30 bits per heavy atom. The molecule has 3 aromatic heterocycles. The van der Waals surface area contributed by atoms with Gasteiger partial charge >= 0.3 is 0 Å². The molecular weight excluding hydrogens is 260 g/mol. The number of aromatic nitrogens is 7. The number of hydrogen-bond donors (Lipinski definition) is 1. The summed E-state index contributed by atoms with van der Waals surface area (Å²) in [5.74, 6) is 1.87. The lowest BCUT2D eigenvalue weighted by atomic mass is 10.2. The van der Waals surface area contributed by atoms with Crippen molar-refractivity contribution in [3.8, 4) is 0 Å². The van der Waals surface area contributed by atoms with Crippen LogP contribution in [0.25, 0.3) is 11.2 Å². The number of fused-ring (bicyclic) bond motifs is 1. The van der Waals surface area contributed by atoms with E-state index in [1.807, 2.05) is 6.92 Å². The molecule has 1 aliphatic rings. The molecule has 0 bridgehead atoms. The van der Waals surface area contributed by atoms with Gasteiger partial charge in [0.15, 0.2) is 5.82 Å². The topological polar surface area (TPSA) is 110 Å². The Morgan fingerprint density at radius 1 is 1.35 bits per heavy atom. The van der Waals surface area contributed by atoms with Crippen LogP contribution in [-0.2, 0) is 0 Å². The maximum atomic E-state index is 5.28. The first-order chi connectivity index (χ1) is 9.81. The van der Waals surface area contributed by atoms with Crippen LogP contribution in [0.5, 0.6) is 0 Å². The van der Waals surface area contributed by atoms with Gasteiger partial charge in [0, 0.05) is 6.54 Å². The zero-order chi connectivity index (χ0) is 13.5. The number of H-pyrrole nitrogens is 1. The highest BCUT2D eigenvalue weighted by atomic mass is 16.5. The van der Waals surface area contributed by atoms with Gasteiger partial charge in [0.25, 0.3) is 0 Å². The Balaban J connectivity index is 1.72. The van der Waals surface area contributed by atoms with Gasteiger partial charge in [0.1, 0.15) is 11.6 Å². The monoisotopic (exact) mass is 272 g/mol. The van der Waals surface area contributed by atoms with Crippen molar-refractivity contribution >= 4 is 17.1 Å². The number of hydrogen-bond acceptors (Lipinski definition) is 8. The van der Waals surface area contributed by atoms with Crippen molar-refractivity contribution in [1.29, 1.82) is 0 Å². The molecule has 102 valence electrons. The average Bonchev–Trinajstić information content (AvgIpc) is 3.17. The molecule has 1 unspecified atom stereocenters. The van der Waals surface area contributed by atoms with Gasteiger partial charge < -0.3 is 9.42 Å². The minimum absolute atomic E-state index is 0.0283. The lowest BCUT2D eigenvalue weighted by Crippen LogP contribution is -2.24. The van der Waals surface area contributed by atoms with Crippen molar-refractivity contribution in [3.63, 3.8) is 0 Å². The molecule has 0 saturated carbocycles. The molecule has 0 aliphatic carbocycles. The molecule has 3 aromatic rings. The Morgan fingerprint density at radius 3 is 3.15 bits per heavy atom. The fourth-order valence-electron chi connectivity index (χ4n) is 2.49. The highest BCUT2D eigenvalue weighted by Crippen LogP contribution is 2.33. The number of anilines is 1. The minimum Gasteiger partial charge on any atom is -0.337 e. The van der Waals surface area contributed by atoms with Crippen LogP contribution in [0, 0.1) is 6.92 Å². The molecule has 1 aliphatic heterocycles. The van der Waals surface area contributed by atoms with E-state index in [0.717, 1.165) is 19.4 Å². The molecule has 1 saturated heterocycles. The molecule has 20 heavy (non-hydrogen) atoms. The second-order valence-electron chi connectivity index (χ2n) is 4.73. The van der Waals surface area contributed by atoms with E-state index < -0.39 is 0 Å². The predicted molar refractivity (Wildman–Crippen MR) is 67.8 cm³/mol. The summed E-state index contributed by atoms with van der Waals surface area (Å²) in [4.78, 5) is 15.1. The van der Waals surface area contributed by atoms with E-state index in [2.05, 4.69) is 40.4 Å². The highest BCUT2D eigenvalue weighted by molar-refractivity contribution is 5.68. The molecule has 0 amide bonds. The van der Waals surface area contributed by atoms with Crippen LogP contribution in [0.2, 0.25) is 0 Å². The van der Waals surface area contributed by atoms with Crippen LogP contribution in [0.4, 0.5) is 5.95 Å². The molecule has 0 aromatic carbocycles. The van der Waals surface area contributed by atoms with Crippen LogP contribution < -0.4 is 4.90 Å². The number of aryl methyl sites for hydroxylation is 1. The van der Waals surface area contributed by atoms with Gasteiger partial charge in [0.2, 0.25) is 17.5 Å². The van der Waals surface area contributed by atoms with Crippen molar-refractivity contribution in [3.05, 3.63) is 17.9 Å². The Hall–Kier alpha value is -2.58. The minimum atomic E-state index is 0.0283. The highest BCUT2D eigenvalue weighted by Gasteiger charge is 2.32.